The molecule has 3 heteroatoms. The van der Waals surface area contributed by atoms with Crippen LogP contribution in [0.2, 0.25) is 0 Å². The van der Waals surface area contributed by atoms with Crippen molar-refractivity contribution in [2.24, 2.45) is 0 Å². The van der Waals surface area contributed by atoms with E-state index >= 15 is 0 Å². The second kappa shape index (κ2) is 7.06. The molecule has 116 valence electrons. The van der Waals surface area contributed by atoms with Gasteiger partial charge in [-0.25, -0.2) is 0 Å². The molecular formula is C18H27NOS. The molecule has 2 fully saturated rings. The smallest absolute Gasteiger partial charge is 0.118 e. The number of hydrogen-bond donors (Lipinski definition) is 1. The normalized spacial score (nSPS) is 32.5. The van der Waals surface area contributed by atoms with Crippen LogP contribution in [0.5, 0.6) is 5.75 Å². The summed E-state index contributed by atoms with van der Waals surface area (Å²) >= 11 is 2.05. The van der Waals surface area contributed by atoms with Gasteiger partial charge in [0.05, 0.1) is 7.11 Å². The zero-order valence-electron chi connectivity index (χ0n) is 13.2. The molecule has 21 heavy (non-hydrogen) atoms. The Morgan fingerprint density at radius 2 is 1.67 bits per heavy atom. The first-order chi connectivity index (χ1) is 10.3. The predicted molar refractivity (Wildman–Crippen MR) is 91.5 cm³/mol. The first-order valence-corrected chi connectivity index (χ1v) is 9.50. The summed E-state index contributed by atoms with van der Waals surface area (Å²) in [6.45, 7) is 0. The fourth-order valence-electron chi connectivity index (χ4n) is 3.70. The summed E-state index contributed by atoms with van der Waals surface area (Å²) in [5, 5.41) is 4.80. The molecule has 0 aliphatic heterocycles. The molecule has 1 aromatic carbocycles. The lowest BCUT2D eigenvalue weighted by atomic mass is 9.75. The fraction of sp³-hybridized carbons (Fsp3) is 0.667. The van der Waals surface area contributed by atoms with E-state index in [2.05, 4.69) is 35.8 Å². The van der Waals surface area contributed by atoms with Gasteiger partial charge in [-0.1, -0.05) is 12.1 Å². The molecular weight excluding hydrogens is 278 g/mol. The number of methoxy groups -OCH3 is 1. The molecule has 0 saturated heterocycles. The van der Waals surface area contributed by atoms with Gasteiger partial charge >= 0.3 is 0 Å². The molecule has 0 amide bonds. The van der Waals surface area contributed by atoms with Crippen LogP contribution < -0.4 is 10.1 Å². The van der Waals surface area contributed by atoms with E-state index in [4.69, 9.17) is 4.74 Å². The molecule has 2 saturated carbocycles. The van der Waals surface area contributed by atoms with E-state index < -0.39 is 0 Å². The van der Waals surface area contributed by atoms with E-state index in [1.165, 1.54) is 44.1 Å². The maximum atomic E-state index is 5.23. The first-order valence-electron chi connectivity index (χ1n) is 8.21. The van der Waals surface area contributed by atoms with Crippen LogP contribution in [0.15, 0.2) is 24.3 Å². The van der Waals surface area contributed by atoms with Crippen LogP contribution in [0.4, 0.5) is 0 Å². The molecule has 0 radical (unpaired) electrons. The van der Waals surface area contributed by atoms with Gasteiger partial charge in [-0.15, -0.1) is 0 Å². The second-order valence-corrected chi connectivity index (χ2v) is 7.65. The molecule has 0 aromatic heterocycles. The lowest BCUT2D eigenvalue weighted by molar-refractivity contribution is 0.240. The van der Waals surface area contributed by atoms with Crippen molar-refractivity contribution < 1.29 is 4.74 Å². The molecule has 0 atom stereocenters. The Hall–Kier alpha value is -0.670. The number of rotatable bonds is 5. The van der Waals surface area contributed by atoms with Crippen LogP contribution in [-0.4, -0.2) is 30.7 Å². The van der Waals surface area contributed by atoms with Gasteiger partial charge in [0, 0.05) is 17.3 Å². The minimum Gasteiger partial charge on any atom is -0.497 e. The van der Waals surface area contributed by atoms with Crippen molar-refractivity contribution in [1.82, 2.24) is 5.32 Å². The Kier molecular flexibility index (Phi) is 5.12. The molecule has 1 N–H and O–H groups in total. The molecule has 2 aliphatic carbocycles. The lowest BCUT2D eigenvalue weighted by Crippen LogP contribution is -2.46. The van der Waals surface area contributed by atoms with Crippen LogP contribution >= 0.6 is 11.8 Å². The van der Waals surface area contributed by atoms with E-state index in [1.807, 2.05) is 11.8 Å². The summed E-state index contributed by atoms with van der Waals surface area (Å²) in [7, 11) is 1.73. The van der Waals surface area contributed by atoms with Crippen LogP contribution in [0, 0.1) is 0 Å². The average Bonchev–Trinajstić information content (AvgIpc) is 2.51. The fourth-order valence-corrected chi connectivity index (χ4v) is 4.44. The molecule has 1 aromatic rings. The zero-order chi connectivity index (χ0) is 14.7. The van der Waals surface area contributed by atoms with Gasteiger partial charge in [0.2, 0.25) is 0 Å². The largest absolute Gasteiger partial charge is 0.497 e. The Morgan fingerprint density at radius 1 is 1.00 bits per heavy atom. The maximum absolute atomic E-state index is 5.23. The van der Waals surface area contributed by atoms with Crippen LogP contribution in [-0.2, 0) is 0 Å². The third-order valence-electron chi connectivity index (χ3n) is 5.20. The highest BCUT2D eigenvalue weighted by Gasteiger charge is 2.32. The molecule has 0 bridgehead atoms. The lowest BCUT2D eigenvalue weighted by Gasteiger charge is -2.40. The minimum absolute atomic E-state index is 0.743. The molecule has 2 nitrogen and oxygen atoms in total. The SMILES string of the molecule is COc1ccc(C2CC(NC3CCC(SC)CC3)C2)cc1. The van der Waals surface area contributed by atoms with Crippen LogP contribution in [0.3, 0.4) is 0 Å². The standard InChI is InChI=1S/C18H27NOS/c1-20-17-7-3-13(4-8-17)14-11-16(12-14)19-15-5-9-18(21-2)10-6-15/h3-4,7-8,14-16,18-19H,5-6,9-12H2,1-2H3. The summed E-state index contributed by atoms with van der Waals surface area (Å²) in [6.07, 6.45) is 10.4. The quantitative estimate of drug-likeness (QED) is 0.880. The van der Waals surface area contributed by atoms with Crippen molar-refractivity contribution in [3.05, 3.63) is 29.8 Å². The van der Waals surface area contributed by atoms with Crippen molar-refractivity contribution in [1.29, 1.82) is 0 Å². The third kappa shape index (κ3) is 3.75. The van der Waals surface area contributed by atoms with E-state index in [0.717, 1.165) is 29.0 Å². The summed E-state index contributed by atoms with van der Waals surface area (Å²) in [6, 6.07) is 10.1. The average molecular weight is 305 g/mol. The second-order valence-electron chi connectivity index (χ2n) is 6.51. The maximum Gasteiger partial charge on any atom is 0.118 e. The summed E-state index contributed by atoms with van der Waals surface area (Å²) in [4.78, 5) is 0. The van der Waals surface area contributed by atoms with Crippen molar-refractivity contribution in [2.75, 3.05) is 13.4 Å². The first kappa shape index (κ1) is 15.2. The van der Waals surface area contributed by atoms with Gasteiger partial charge in [-0.05, 0) is 68.4 Å². The molecule has 0 heterocycles. The Morgan fingerprint density at radius 3 is 2.24 bits per heavy atom. The Balaban J connectivity index is 1.41. The number of thioether (sulfide) groups is 1. The Labute approximate surface area is 133 Å². The van der Waals surface area contributed by atoms with Gasteiger partial charge in [0.1, 0.15) is 5.75 Å². The zero-order valence-corrected chi connectivity index (χ0v) is 14.0. The van der Waals surface area contributed by atoms with Crippen LogP contribution in [0.25, 0.3) is 0 Å². The van der Waals surface area contributed by atoms with Gasteiger partial charge in [0.25, 0.3) is 0 Å². The monoisotopic (exact) mass is 305 g/mol. The topological polar surface area (TPSA) is 21.3 Å². The van der Waals surface area contributed by atoms with E-state index in [9.17, 15) is 0 Å². The highest BCUT2D eigenvalue weighted by Crippen LogP contribution is 2.38. The predicted octanol–water partition coefficient (Wildman–Crippen LogP) is 4.21. The van der Waals surface area contributed by atoms with Crippen molar-refractivity contribution in [3.63, 3.8) is 0 Å². The number of ether oxygens (including phenoxy) is 1. The minimum atomic E-state index is 0.743. The van der Waals surface area contributed by atoms with Crippen LogP contribution in [0.1, 0.15) is 50.0 Å². The van der Waals surface area contributed by atoms with Gasteiger partial charge in [-0.2, -0.15) is 11.8 Å². The molecule has 0 unspecified atom stereocenters. The highest BCUT2D eigenvalue weighted by atomic mass is 32.2. The Bertz CT molecular complexity index is 433. The van der Waals surface area contributed by atoms with E-state index in [0.29, 0.717) is 0 Å². The van der Waals surface area contributed by atoms with E-state index in [1.54, 1.807) is 7.11 Å². The molecule has 0 spiro atoms. The van der Waals surface area contributed by atoms with E-state index in [-0.39, 0.29) is 0 Å². The highest BCUT2D eigenvalue weighted by molar-refractivity contribution is 7.99. The van der Waals surface area contributed by atoms with Crippen molar-refractivity contribution in [2.45, 2.75) is 61.8 Å². The van der Waals surface area contributed by atoms with Crippen molar-refractivity contribution in [3.8, 4) is 5.75 Å². The third-order valence-corrected chi connectivity index (χ3v) is 6.34. The number of benzene rings is 1. The summed E-state index contributed by atoms with van der Waals surface area (Å²) < 4.78 is 5.23. The summed E-state index contributed by atoms with van der Waals surface area (Å²) in [5.41, 5.74) is 1.47. The van der Waals surface area contributed by atoms with Gasteiger partial charge in [-0.3, -0.25) is 0 Å². The number of nitrogens with one attached hydrogen (secondary N) is 1. The number of hydrogen-bond acceptors (Lipinski definition) is 3. The summed E-state index contributed by atoms with van der Waals surface area (Å²) in [5.74, 6) is 1.70. The molecule has 2 aliphatic rings. The molecule has 3 rings (SSSR count). The van der Waals surface area contributed by atoms with Gasteiger partial charge in [0.15, 0.2) is 0 Å². The van der Waals surface area contributed by atoms with Crippen molar-refractivity contribution >= 4 is 11.8 Å². The van der Waals surface area contributed by atoms with Gasteiger partial charge < -0.3 is 10.1 Å².